The van der Waals surface area contributed by atoms with Crippen molar-refractivity contribution in [1.29, 1.82) is 0 Å². The molecule has 0 aliphatic carbocycles. The van der Waals surface area contributed by atoms with Crippen LogP contribution < -0.4 is 5.73 Å². The van der Waals surface area contributed by atoms with Crippen molar-refractivity contribution in [2.75, 3.05) is 18.9 Å². The standard InChI is InChI=1S/C20H22N2O2/c21-17-13-16(20-22-18-3-1-2-4-19(18)24-20)8-7-15(17)6-5-14-9-11-23-12-10-14/h1-4,7-8,13-14H,5-6,9-12,21H2. The van der Waals surface area contributed by atoms with Gasteiger partial charge in [0, 0.05) is 24.5 Å². The minimum absolute atomic E-state index is 0.624. The number of nitrogen functional groups attached to an aromatic ring is 1. The van der Waals surface area contributed by atoms with Crippen molar-refractivity contribution in [2.45, 2.75) is 25.7 Å². The normalized spacial score (nSPS) is 15.8. The van der Waals surface area contributed by atoms with Gasteiger partial charge in [0.05, 0.1) is 0 Å². The fraction of sp³-hybridized carbons (Fsp3) is 0.350. The zero-order chi connectivity index (χ0) is 16.4. The van der Waals surface area contributed by atoms with Crippen molar-refractivity contribution in [3.8, 4) is 11.5 Å². The lowest BCUT2D eigenvalue weighted by molar-refractivity contribution is 0.0640. The molecule has 2 aromatic carbocycles. The van der Waals surface area contributed by atoms with Crippen molar-refractivity contribution in [1.82, 2.24) is 4.98 Å². The Balaban J connectivity index is 1.50. The van der Waals surface area contributed by atoms with Crippen molar-refractivity contribution in [2.24, 2.45) is 5.92 Å². The molecule has 0 atom stereocenters. The molecule has 2 N–H and O–H groups in total. The van der Waals surface area contributed by atoms with E-state index >= 15 is 0 Å². The van der Waals surface area contributed by atoms with Crippen LogP contribution >= 0.6 is 0 Å². The molecule has 3 aromatic rings. The summed E-state index contributed by atoms with van der Waals surface area (Å²) in [7, 11) is 0. The maximum Gasteiger partial charge on any atom is 0.227 e. The molecule has 1 fully saturated rings. The van der Waals surface area contributed by atoms with E-state index in [2.05, 4.69) is 17.1 Å². The van der Waals surface area contributed by atoms with Crippen molar-refractivity contribution >= 4 is 16.8 Å². The second kappa shape index (κ2) is 6.65. The highest BCUT2D eigenvalue weighted by Crippen LogP contribution is 2.28. The first-order valence-electron chi connectivity index (χ1n) is 8.62. The smallest absolute Gasteiger partial charge is 0.227 e. The van der Waals surface area contributed by atoms with Crippen molar-refractivity contribution < 1.29 is 9.15 Å². The van der Waals surface area contributed by atoms with Gasteiger partial charge in [-0.3, -0.25) is 0 Å². The molecule has 0 bridgehead atoms. The lowest BCUT2D eigenvalue weighted by atomic mass is 9.92. The number of nitrogens with zero attached hydrogens (tertiary/aromatic N) is 1. The number of anilines is 1. The average molecular weight is 322 g/mol. The van der Waals surface area contributed by atoms with Crippen LogP contribution in [0.25, 0.3) is 22.6 Å². The lowest BCUT2D eigenvalue weighted by Crippen LogP contribution is -2.16. The number of hydrogen-bond acceptors (Lipinski definition) is 4. The number of para-hydroxylation sites is 2. The van der Waals surface area contributed by atoms with Crippen LogP contribution in [0.4, 0.5) is 5.69 Å². The molecule has 0 spiro atoms. The second-order valence-electron chi connectivity index (χ2n) is 6.49. The summed E-state index contributed by atoms with van der Waals surface area (Å²) in [5, 5.41) is 0. The number of hydrogen-bond donors (Lipinski definition) is 1. The SMILES string of the molecule is Nc1cc(-c2nc3ccccc3o2)ccc1CCC1CCOCC1. The molecule has 0 amide bonds. The molecule has 124 valence electrons. The summed E-state index contributed by atoms with van der Waals surface area (Å²) in [5.74, 6) is 1.38. The van der Waals surface area contributed by atoms with Crippen LogP contribution in [0.2, 0.25) is 0 Å². The molecule has 1 aromatic heterocycles. The third-order valence-electron chi connectivity index (χ3n) is 4.85. The molecule has 4 heteroatoms. The van der Waals surface area contributed by atoms with Gasteiger partial charge in [0.2, 0.25) is 5.89 Å². The molecule has 24 heavy (non-hydrogen) atoms. The fourth-order valence-corrected chi connectivity index (χ4v) is 3.35. The van der Waals surface area contributed by atoms with Gasteiger partial charge in [0.15, 0.2) is 5.58 Å². The Labute approximate surface area is 141 Å². The third-order valence-corrected chi connectivity index (χ3v) is 4.85. The first kappa shape index (κ1) is 15.2. The number of oxazole rings is 1. The van der Waals surface area contributed by atoms with Gasteiger partial charge in [-0.2, -0.15) is 0 Å². The minimum Gasteiger partial charge on any atom is -0.436 e. The second-order valence-corrected chi connectivity index (χ2v) is 6.49. The Morgan fingerprint density at radius 1 is 1.08 bits per heavy atom. The summed E-state index contributed by atoms with van der Waals surface area (Å²) in [6, 6.07) is 13.9. The van der Waals surface area contributed by atoms with E-state index in [9.17, 15) is 0 Å². The van der Waals surface area contributed by atoms with Crippen LogP contribution in [-0.2, 0) is 11.2 Å². The van der Waals surface area contributed by atoms with Crippen molar-refractivity contribution in [3.05, 3.63) is 48.0 Å². The number of ether oxygens (including phenoxy) is 1. The summed E-state index contributed by atoms with van der Waals surface area (Å²) < 4.78 is 11.2. The number of aromatic nitrogens is 1. The molecule has 0 radical (unpaired) electrons. The largest absolute Gasteiger partial charge is 0.436 e. The molecule has 4 rings (SSSR count). The molecule has 4 nitrogen and oxygen atoms in total. The van der Waals surface area contributed by atoms with Gasteiger partial charge in [0.25, 0.3) is 0 Å². The quantitative estimate of drug-likeness (QED) is 0.722. The van der Waals surface area contributed by atoms with E-state index in [4.69, 9.17) is 14.9 Å². The third kappa shape index (κ3) is 3.15. The van der Waals surface area contributed by atoms with Gasteiger partial charge in [-0.25, -0.2) is 4.98 Å². The minimum atomic E-state index is 0.624. The molecule has 1 aliphatic heterocycles. The zero-order valence-electron chi connectivity index (χ0n) is 13.7. The van der Waals surface area contributed by atoms with Crippen LogP contribution in [0.5, 0.6) is 0 Å². The highest BCUT2D eigenvalue weighted by molar-refractivity contribution is 5.76. The predicted molar refractivity (Wildman–Crippen MR) is 95.7 cm³/mol. The Morgan fingerprint density at radius 3 is 2.71 bits per heavy atom. The molecule has 1 saturated heterocycles. The average Bonchev–Trinajstić information content (AvgIpc) is 3.06. The Morgan fingerprint density at radius 2 is 1.92 bits per heavy atom. The van der Waals surface area contributed by atoms with Gasteiger partial charge in [-0.1, -0.05) is 18.2 Å². The number of rotatable bonds is 4. The summed E-state index contributed by atoms with van der Waals surface area (Å²) in [4.78, 5) is 4.54. The van der Waals surface area contributed by atoms with Gasteiger partial charge in [-0.15, -0.1) is 0 Å². The fourth-order valence-electron chi connectivity index (χ4n) is 3.35. The van der Waals surface area contributed by atoms with E-state index in [1.165, 1.54) is 24.8 Å². The summed E-state index contributed by atoms with van der Waals surface area (Å²) >= 11 is 0. The van der Waals surface area contributed by atoms with Crippen LogP contribution in [0.15, 0.2) is 46.9 Å². The van der Waals surface area contributed by atoms with E-state index in [-0.39, 0.29) is 0 Å². The van der Waals surface area contributed by atoms with Crippen LogP contribution in [-0.4, -0.2) is 18.2 Å². The number of nitrogens with two attached hydrogens (primary N) is 1. The molecule has 0 saturated carbocycles. The van der Waals surface area contributed by atoms with Gasteiger partial charge in [-0.05, 0) is 61.4 Å². The van der Waals surface area contributed by atoms with E-state index in [0.29, 0.717) is 5.89 Å². The molecule has 1 aliphatic rings. The van der Waals surface area contributed by atoms with E-state index in [1.807, 2.05) is 30.3 Å². The molecular formula is C20H22N2O2. The topological polar surface area (TPSA) is 61.3 Å². The first-order valence-corrected chi connectivity index (χ1v) is 8.62. The van der Waals surface area contributed by atoms with Gasteiger partial charge >= 0.3 is 0 Å². The van der Waals surface area contributed by atoms with E-state index < -0.39 is 0 Å². The molecule has 2 heterocycles. The Hall–Kier alpha value is -2.33. The Bertz CT molecular complexity index is 802. The maximum absolute atomic E-state index is 6.27. The molecule has 0 unspecified atom stereocenters. The molecular weight excluding hydrogens is 300 g/mol. The maximum atomic E-state index is 6.27. The number of benzene rings is 2. The van der Waals surface area contributed by atoms with Crippen LogP contribution in [0.3, 0.4) is 0 Å². The van der Waals surface area contributed by atoms with Crippen LogP contribution in [0, 0.1) is 5.92 Å². The van der Waals surface area contributed by atoms with Crippen molar-refractivity contribution in [3.63, 3.8) is 0 Å². The van der Waals surface area contributed by atoms with Crippen LogP contribution in [0.1, 0.15) is 24.8 Å². The van der Waals surface area contributed by atoms with E-state index in [1.54, 1.807) is 0 Å². The zero-order valence-corrected chi connectivity index (χ0v) is 13.7. The monoisotopic (exact) mass is 322 g/mol. The van der Waals surface area contributed by atoms with E-state index in [0.717, 1.165) is 47.9 Å². The van der Waals surface area contributed by atoms with Gasteiger partial charge in [0.1, 0.15) is 5.52 Å². The Kier molecular flexibility index (Phi) is 4.22. The summed E-state index contributed by atoms with van der Waals surface area (Å²) in [6.07, 6.45) is 4.53. The summed E-state index contributed by atoms with van der Waals surface area (Å²) in [5.41, 5.74) is 10.9. The van der Waals surface area contributed by atoms with Gasteiger partial charge < -0.3 is 14.9 Å². The summed E-state index contributed by atoms with van der Waals surface area (Å²) in [6.45, 7) is 1.80. The predicted octanol–water partition coefficient (Wildman–Crippen LogP) is 4.44. The highest BCUT2D eigenvalue weighted by Gasteiger charge is 2.15. The highest BCUT2D eigenvalue weighted by atomic mass is 16.5. The number of fused-ring (bicyclic) bond motifs is 1. The lowest BCUT2D eigenvalue weighted by Gasteiger charge is -2.22. The number of aryl methyl sites for hydroxylation is 1. The first-order chi connectivity index (χ1) is 11.8.